The Kier molecular flexibility index (Phi) is 7.94. The summed E-state index contributed by atoms with van der Waals surface area (Å²) in [5.74, 6) is -0.348. The number of nitrogens with zero attached hydrogens (tertiary/aromatic N) is 2. The number of hydrogen-bond acceptors (Lipinski definition) is 5. The fourth-order valence-corrected chi connectivity index (χ4v) is 5.41. The van der Waals surface area contributed by atoms with E-state index in [4.69, 9.17) is 4.74 Å². The second-order valence-electron chi connectivity index (χ2n) is 10.0. The number of benzene rings is 2. The number of amides is 1. The molecule has 1 aliphatic rings. The fourth-order valence-electron chi connectivity index (χ4n) is 4.14. The van der Waals surface area contributed by atoms with Crippen LogP contribution in [0, 0.1) is 24.6 Å². The van der Waals surface area contributed by atoms with Gasteiger partial charge in [-0.15, -0.1) is 0 Å². The van der Waals surface area contributed by atoms with Crippen molar-refractivity contribution in [2.75, 3.05) is 19.7 Å². The molecule has 4 rings (SSSR count). The molecule has 1 amide bonds. The molecule has 1 atom stereocenters. The molecule has 0 saturated carbocycles. The number of carbonyl (C=O) groups excluding carboxylic acids is 1. The van der Waals surface area contributed by atoms with E-state index in [2.05, 4.69) is 9.71 Å². The number of ether oxygens (including phenoxy) is 1. The van der Waals surface area contributed by atoms with Gasteiger partial charge in [-0.2, -0.15) is 12.7 Å². The number of pyridine rings is 1. The summed E-state index contributed by atoms with van der Waals surface area (Å²) in [5, 5.41) is 0. The van der Waals surface area contributed by atoms with Crippen LogP contribution in [0.4, 0.5) is 4.39 Å². The molecular formula is C28H32FN3O4S. The lowest BCUT2D eigenvalue weighted by Gasteiger charge is -2.18. The molecule has 3 aromatic rings. The molecule has 2 heterocycles. The van der Waals surface area contributed by atoms with Gasteiger partial charge >= 0.3 is 10.2 Å². The van der Waals surface area contributed by atoms with Crippen molar-refractivity contribution in [3.8, 4) is 28.3 Å². The fraction of sp³-hybridized carbons (Fsp3) is 0.357. The summed E-state index contributed by atoms with van der Waals surface area (Å²) < 4.78 is 49.3. The third-order valence-electron chi connectivity index (χ3n) is 6.16. The zero-order valence-corrected chi connectivity index (χ0v) is 22.3. The van der Waals surface area contributed by atoms with Gasteiger partial charge in [-0.3, -0.25) is 4.79 Å². The molecule has 0 radical (unpaired) electrons. The van der Waals surface area contributed by atoms with Crippen LogP contribution in [-0.4, -0.2) is 43.3 Å². The molecule has 1 saturated heterocycles. The quantitative estimate of drug-likeness (QED) is 0.436. The Bertz CT molecular complexity index is 1390. The van der Waals surface area contributed by atoms with Gasteiger partial charge in [0.15, 0.2) is 0 Å². The number of halogens is 1. The Labute approximate surface area is 217 Å². The summed E-state index contributed by atoms with van der Waals surface area (Å²) >= 11 is 0. The molecule has 1 aromatic heterocycles. The zero-order valence-electron chi connectivity index (χ0n) is 21.5. The minimum Gasteiger partial charge on any atom is -0.493 e. The van der Waals surface area contributed by atoms with Gasteiger partial charge in [-0.25, -0.2) is 14.1 Å². The first kappa shape index (κ1) is 26.8. The molecule has 37 heavy (non-hydrogen) atoms. The Hall–Kier alpha value is -3.30. The monoisotopic (exact) mass is 525 g/mol. The maximum Gasteiger partial charge on any atom is 0.304 e. The second-order valence-corrected chi connectivity index (χ2v) is 11.7. The van der Waals surface area contributed by atoms with Crippen molar-refractivity contribution in [1.29, 1.82) is 0 Å². The van der Waals surface area contributed by atoms with E-state index in [1.54, 1.807) is 12.1 Å². The number of nitrogens with one attached hydrogen (secondary N) is 1. The van der Waals surface area contributed by atoms with Crippen molar-refractivity contribution in [2.45, 2.75) is 34.1 Å². The van der Waals surface area contributed by atoms with Crippen LogP contribution in [-0.2, 0) is 10.2 Å². The van der Waals surface area contributed by atoms with Crippen LogP contribution < -0.4 is 9.46 Å². The third kappa shape index (κ3) is 6.53. The van der Waals surface area contributed by atoms with Crippen LogP contribution in [0.15, 0.2) is 54.6 Å². The van der Waals surface area contributed by atoms with Gasteiger partial charge in [0, 0.05) is 30.3 Å². The normalized spacial score (nSPS) is 16.2. The molecule has 196 valence electrons. The second kappa shape index (κ2) is 11.0. The van der Waals surface area contributed by atoms with Crippen molar-refractivity contribution >= 4 is 16.1 Å². The summed E-state index contributed by atoms with van der Waals surface area (Å²) in [6.07, 6.45) is 0.747. The number of aromatic nitrogens is 1. The standard InChI is InChI=1S/C28H32FN3O4S/c1-18(2)17-36-24-14-22(13-23(29)15-24)26-10-9-25(27(30-26)21-7-5-19(3)6-8-21)28(33)31-37(34,35)32-12-11-20(4)16-32/h5-10,13-15,18,20H,11-12,16-17H2,1-4H3,(H,31,33)/t20-/m1/s1. The predicted molar refractivity (Wildman–Crippen MR) is 142 cm³/mol. The molecule has 0 bridgehead atoms. The van der Waals surface area contributed by atoms with Gasteiger partial charge in [-0.05, 0) is 49.4 Å². The average molecular weight is 526 g/mol. The van der Waals surface area contributed by atoms with Crippen LogP contribution in [0.5, 0.6) is 5.75 Å². The smallest absolute Gasteiger partial charge is 0.304 e. The topological polar surface area (TPSA) is 88.6 Å². The van der Waals surface area contributed by atoms with Crippen molar-refractivity contribution in [2.24, 2.45) is 11.8 Å². The first-order chi connectivity index (χ1) is 17.5. The molecule has 1 fully saturated rings. The lowest BCUT2D eigenvalue weighted by molar-refractivity contribution is 0.0979. The van der Waals surface area contributed by atoms with Crippen molar-refractivity contribution in [3.05, 3.63) is 71.5 Å². The number of aryl methyl sites for hydroxylation is 1. The SMILES string of the molecule is Cc1ccc(-c2nc(-c3cc(F)cc(OCC(C)C)c3)ccc2C(=O)NS(=O)(=O)N2CC[C@@H](C)C2)cc1. The van der Waals surface area contributed by atoms with Crippen LogP contribution in [0.25, 0.3) is 22.5 Å². The Morgan fingerprint density at radius 1 is 1.14 bits per heavy atom. The molecule has 7 nitrogen and oxygen atoms in total. The minimum absolute atomic E-state index is 0.108. The number of rotatable bonds is 8. The maximum absolute atomic E-state index is 14.4. The Morgan fingerprint density at radius 2 is 1.86 bits per heavy atom. The summed E-state index contributed by atoms with van der Waals surface area (Å²) in [6, 6.07) is 14.9. The van der Waals surface area contributed by atoms with Crippen molar-refractivity contribution in [1.82, 2.24) is 14.0 Å². The number of carbonyl (C=O) groups is 1. The highest BCUT2D eigenvalue weighted by Gasteiger charge is 2.31. The highest BCUT2D eigenvalue weighted by Crippen LogP contribution is 2.30. The molecule has 1 N–H and O–H groups in total. The summed E-state index contributed by atoms with van der Waals surface area (Å²) in [6.45, 7) is 9.09. The average Bonchev–Trinajstić information content (AvgIpc) is 3.29. The van der Waals surface area contributed by atoms with E-state index in [1.165, 1.54) is 22.5 Å². The van der Waals surface area contributed by atoms with E-state index in [-0.39, 0.29) is 17.4 Å². The summed E-state index contributed by atoms with van der Waals surface area (Å²) in [7, 11) is -3.99. The molecule has 2 aromatic carbocycles. The minimum atomic E-state index is -3.99. The number of hydrogen-bond donors (Lipinski definition) is 1. The Morgan fingerprint density at radius 3 is 2.51 bits per heavy atom. The van der Waals surface area contributed by atoms with Crippen molar-refractivity contribution in [3.63, 3.8) is 0 Å². The van der Waals surface area contributed by atoms with E-state index in [9.17, 15) is 17.6 Å². The zero-order chi connectivity index (χ0) is 26.7. The lowest BCUT2D eigenvalue weighted by atomic mass is 10.0. The van der Waals surface area contributed by atoms with E-state index in [0.717, 1.165) is 12.0 Å². The molecule has 0 aliphatic carbocycles. The third-order valence-corrected chi connectivity index (χ3v) is 7.62. The van der Waals surface area contributed by atoms with Crippen LogP contribution >= 0.6 is 0 Å². The van der Waals surface area contributed by atoms with Crippen molar-refractivity contribution < 1.29 is 22.3 Å². The van der Waals surface area contributed by atoms with E-state index in [0.29, 0.717) is 48.0 Å². The van der Waals surface area contributed by atoms with Crippen LogP contribution in [0.1, 0.15) is 43.1 Å². The first-order valence-electron chi connectivity index (χ1n) is 12.4. The first-order valence-corrected chi connectivity index (χ1v) is 13.8. The highest BCUT2D eigenvalue weighted by molar-refractivity contribution is 7.87. The lowest BCUT2D eigenvalue weighted by Crippen LogP contribution is -2.42. The predicted octanol–water partition coefficient (Wildman–Crippen LogP) is 5.21. The van der Waals surface area contributed by atoms with Crippen LogP contribution in [0.3, 0.4) is 0 Å². The molecule has 9 heteroatoms. The summed E-state index contributed by atoms with van der Waals surface area (Å²) in [4.78, 5) is 17.9. The maximum atomic E-state index is 14.4. The van der Waals surface area contributed by atoms with Gasteiger partial charge < -0.3 is 4.74 Å². The summed E-state index contributed by atoms with van der Waals surface area (Å²) in [5.41, 5.74) is 2.98. The van der Waals surface area contributed by atoms with E-state index >= 15 is 0 Å². The van der Waals surface area contributed by atoms with Gasteiger partial charge in [0.25, 0.3) is 5.91 Å². The van der Waals surface area contributed by atoms with Gasteiger partial charge in [-0.1, -0.05) is 50.6 Å². The van der Waals surface area contributed by atoms with Gasteiger partial charge in [0.2, 0.25) is 0 Å². The molecular weight excluding hydrogens is 493 g/mol. The van der Waals surface area contributed by atoms with Gasteiger partial charge in [0.05, 0.1) is 23.6 Å². The Balaban J connectivity index is 1.72. The van der Waals surface area contributed by atoms with E-state index < -0.39 is 21.9 Å². The van der Waals surface area contributed by atoms with E-state index in [1.807, 2.05) is 52.0 Å². The molecule has 0 unspecified atom stereocenters. The molecule has 1 aliphatic heterocycles. The molecule has 0 spiro atoms. The largest absolute Gasteiger partial charge is 0.493 e. The van der Waals surface area contributed by atoms with Gasteiger partial charge in [0.1, 0.15) is 11.6 Å². The van der Waals surface area contributed by atoms with Crippen LogP contribution in [0.2, 0.25) is 0 Å². The highest BCUT2D eigenvalue weighted by atomic mass is 32.2.